The van der Waals surface area contributed by atoms with Crippen LogP contribution in [-0.2, 0) is 11.2 Å². The van der Waals surface area contributed by atoms with Crippen LogP contribution in [0.5, 0.6) is 0 Å². The Kier molecular flexibility index (Phi) is 4.63. The Morgan fingerprint density at radius 3 is 2.75 bits per heavy atom. The van der Waals surface area contributed by atoms with Crippen molar-refractivity contribution in [3.8, 4) is 11.8 Å². The Morgan fingerprint density at radius 1 is 1.21 bits per heavy atom. The van der Waals surface area contributed by atoms with E-state index in [1.807, 2.05) is 36.4 Å². The molecule has 24 heavy (non-hydrogen) atoms. The highest BCUT2D eigenvalue weighted by atomic mass is 16.1. The molecule has 0 aliphatic carbocycles. The molecule has 0 aliphatic heterocycles. The second kappa shape index (κ2) is 7.20. The second-order valence-corrected chi connectivity index (χ2v) is 5.22. The molecule has 0 fully saturated rings. The van der Waals surface area contributed by atoms with Crippen LogP contribution in [0.2, 0.25) is 0 Å². The predicted octanol–water partition coefficient (Wildman–Crippen LogP) is 2.19. The van der Waals surface area contributed by atoms with Crippen LogP contribution < -0.4 is 5.32 Å². The Bertz CT molecular complexity index is 852. The summed E-state index contributed by atoms with van der Waals surface area (Å²) in [6, 6.07) is 14.5. The molecule has 3 aromatic rings. The van der Waals surface area contributed by atoms with Crippen molar-refractivity contribution >= 4 is 5.91 Å². The van der Waals surface area contributed by atoms with Gasteiger partial charge in [-0.1, -0.05) is 24.3 Å². The summed E-state index contributed by atoms with van der Waals surface area (Å²) in [5, 5.41) is 16.3. The van der Waals surface area contributed by atoms with Gasteiger partial charge in [0, 0.05) is 24.2 Å². The third kappa shape index (κ3) is 3.65. The predicted molar refractivity (Wildman–Crippen MR) is 88.0 cm³/mol. The lowest BCUT2D eigenvalue weighted by Gasteiger charge is -2.09. The summed E-state index contributed by atoms with van der Waals surface area (Å²) in [5.41, 5.74) is 2.33. The number of benzene rings is 1. The number of aromatic nitrogens is 3. The lowest BCUT2D eigenvalue weighted by molar-refractivity contribution is -0.120. The van der Waals surface area contributed by atoms with Crippen LogP contribution in [0.3, 0.4) is 0 Å². The van der Waals surface area contributed by atoms with Gasteiger partial charge >= 0.3 is 0 Å². The molecule has 6 nitrogen and oxygen atoms in total. The van der Waals surface area contributed by atoms with Crippen molar-refractivity contribution in [1.82, 2.24) is 20.1 Å². The van der Waals surface area contributed by atoms with Gasteiger partial charge in [0.1, 0.15) is 6.04 Å². The molecule has 6 heteroatoms. The van der Waals surface area contributed by atoms with Crippen LogP contribution in [-0.4, -0.2) is 20.7 Å². The number of nitrogens with zero attached hydrogens (tertiary/aromatic N) is 4. The van der Waals surface area contributed by atoms with E-state index in [0.717, 1.165) is 11.3 Å². The van der Waals surface area contributed by atoms with E-state index >= 15 is 0 Å². The second-order valence-electron chi connectivity index (χ2n) is 5.22. The molecule has 0 bridgehead atoms. The summed E-state index contributed by atoms with van der Waals surface area (Å²) < 4.78 is 1.67. The van der Waals surface area contributed by atoms with Gasteiger partial charge in [0.25, 0.3) is 0 Å². The quantitative estimate of drug-likeness (QED) is 0.782. The first-order valence-corrected chi connectivity index (χ1v) is 7.44. The summed E-state index contributed by atoms with van der Waals surface area (Å²) in [6.45, 7) is 0. The molecule has 0 radical (unpaired) electrons. The number of amides is 1. The Labute approximate surface area is 139 Å². The zero-order chi connectivity index (χ0) is 16.8. The average Bonchev–Trinajstić information content (AvgIpc) is 3.11. The van der Waals surface area contributed by atoms with Gasteiger partial charge in [0.05, 0.1) is 24.4 Å². The summed E-state index contributed by atoms with van der Waals surface area (Å²) in [4.78, 5) is 16.1. The molecule has 3 rings (SSSR count). The highest BCUT2D eigenvalue weighted by Gasteiger charge is 2.16. The normalized spacial score (nSPS) is 11.5. The highest BCUT2D eigenvalue weighted by molar-refractivity contribution is 5.79. The van der Waals surface area contributed by atoms with Gasteiger partial charge in [-0.05, 0) is 23.8 Å². The van der Waals surface area contributed by atoms with E-state index in [9.17, 15) is 10.1 Å². The monoisotopic (exact) mass is 317 g/mol. The number of hydrogen-bond donors (Lipinski definition) is 1. The molecule has 1 atom stereocenters. The van der Waals surface area contributed by atoms with Gasteiger partial charge in [-0.15, -0.1) is 0 Å². The number of carbonyl (C=O) groups is 1. The molecule has 1 unspecified atom stereocenters. The zero-order valence-electron chi connectivity index (χ0n) is 12.8. The molecule has 2 heterocycles. The van der Waals surface area contributed by atoms with Crippen molar-refractivity contribution in [2.75, 3.05) is 0 Å². The third-order valence-corrected chi connectivity index (χ3v) is 3.48. The topological polar surface area (TPSA) is 83.6 Å². The van der Waals surface area contributed by atoms with E-state index in [-0.39, 0.29) is 12.3 Å². The van der Waals surface area contributed by atoms with E-state index < -0.39 is 6.04 Å². The first-order valence-electron chi connectivity index (χ1n) is 7.44. The molecule has 0 saturated carbocycles. The zero-order valence-corrected chi connectivity index (χ0v) is 12.8. The fourth-order valence-electron chi connectivity index (χ4n) is 2.30. The number of nitrogens with one attached hydrogen (secondary N) is 1. The van der Waals surface area contributed by atoms with Crippen LogP contribution in [0.1, 0.15) is 17.2 Å². The molecular weight excluding hydrogens is 302 g/mol. The average molecular weight is 317 g/mol. The maximum absolute atomic E-state index is 12.1. The maximum atomic E-state index is 12.1. The van der Waals surface area contributed by atoms with Crippen LogP contribution in [0.15, 0.2) is 67.3 Å². The fraction of sp³-hybridized carbons (Fsp3) is 0.111. The largest absolute Gasteiger partial charge is 0.336 e. The molecule has 2 aromatic heterocycles. The van der Waals surface area contributed by atoms with Gasteiger partial charge in [0.2, 0.25) is 5.91 Å². The van der Waals surface area contributed by atoms with Crippen LogP contribution in [0.4, 0.5) is 0 Å². The molecule has 1 aromatic carbocycles. The number of hydrogen-bond acceptors (Lipinski definition) is 4. The standard InChI is InChI=1S/C18H15N5O/c19-10-17(22-18(24)9-14-5-4-8-20-11-14)15-12-21-23(13-15)16-6-2-1-3-7-16/h1-8,11-13,17H,9H2,(H,22,24). The molecule has 1 amide bonds. The summed E-state index contributed by atoms with van der Waals surface area (Å²) in [7, 11) is 0. The van der Waals surface area contributed by atoms with Crippen LogP contribution in [0, 0.1) is 11.3 Å². The number of para-hydroxylation sites is 1. The lowest BCUT2D eigenvalue weighted by atomic mass is 10.1. The lowest BCUT2D eigenvalue weighted by Crippen LogP contribution is -2.28. The van der Waals surface area contributed by atoms with Crippen molar-refractivity contribution in [2.24, 2.45) is 0 Å². The maximum Gasteiger partial charge on any atom is 0.225 e. The molecule has 0 saturated heterocycles. The van der Waals surface area contributed by atoms with Crippen LogP contribution >= 0.6 is 0 Å². The summed E-state index contributed by atoms with van der Waals surface area (Å²) in [6.07, 6.45) is 6.80. The molecule has 118 valence electrons. The Hall–Kier alpha value is -3.46. The van der Waals surface area contributed by atoms with E-state index in [4.69, 9.17) is 0 Å². The fourth-order valence-corrected chi connectivity index (χ4v) is 2.30. The minimum atomic E-state index is -0.744. The van der Waals surface area contributed by atoms with Crippen molar-refractivity contribution in [3.05, 3.63) is 78.4 Å². The first kappa shape index (κ1) is 15.4. The number of pyridine rings is 1. The smallest absolute Gasteiger partial charge is 0.225 e. The first-order chi connectivity index (χ1) is 11.8. The minimum absolute atomic E-state index is 0.179. The molecule has 0 aliphatic rings. The third-order valence-electron chi connectivity index (χ3n) is 3.48. The van der Waals surface area contributed by atoms with Gasteiger partial charge in [0.15, 0.2) is 0 Å². The van der Waals surface area contributed by atoms with E-state index in [0.29, 0.717) is 5.56 Å². The molecular formula is C18H15N5O. The number of nitriles is 1. The summed E-state index contributed by atoms with van der Waals surface area (Å²) >= 11 is 0. The highest BCUT2D eigenvalue weighted by Crippen LogP contribution is 2.14. The van der Waals surface area contributed by atoms with E-state index in [1.165, 1.54) is 0 Å². The van der Waals surface area contributed by atoms with Crippen molar-refractivity contribution in [1.29, 1.82) is 5.26 Å². The van der Waals surface area contributed by atoms with Crippen LogP contribution in [0.25, 0.3) is 5.69 Å². The molecule has 1 N–H and O–H groups in total. The van der Waals surface area contributed by atoms with Crippen molar-refractivity contribution < 1.29 is 4.79 Å². The van der Waals surface area contributed by atoms with E-state index in [1.54, 1.807) is 35.5 Å². The van der Waals surface area contributed by atoms with Gasteiger partial charge in [-0.3, -0.25) is 9.78 Å². The molecule has 0 spiro atoms. The van der Waals surface area contributed by atoms with Gasteiger partial charge < -0.3 is 5.32 Å². The minimum Gasteiger partial charge on any atom is -0.336 e. The van der Waals surface area contributed by atoms with Crippen molar-refractivity contribution in [2.45, 2.75) is 12.5 Å². The van der Waals surface area contributed by atoms with Gasteiger partial charge in [-0.25, -0.2) is 4.68 Å². The number of rotatable bonds is 5. The SMILES string of the molecule is N#CC(NC(=O)Cc1cccnc1)c1cnn(-c2ccccc2)c1. The number of carbonyl (C=O) groups excluding carboxylic acids is 1. The van der Waals surface area contributed by atoms with Gasteiger partial charge in [-0.2, -0.15) is 10.4 Å². The van der Waals surface area contributed by atoms with Crippen molar-refractivity contribution in [3.63, 3.8) is 0 Å². The summed E-state index contributed by atoms with van der Waals surface area (Å²) in [5.74, 6) is -0.234. The Morgan fingerprint density at radius 2 is 2.04 bits per heavy atom. The van der Waals surface area contributed by atoms with E-state index in [2.05, 4.69) is 21.5 Å². The Balaban J connectivity index is 1.70.